The number of rotatable bonds is 9. The Morgan fingerprint density at radius 3 is 1.21 bits per heavy atom. The highest BCUT2D eigenvalue weighted by molar-refractivity contribution is 5.83. The maximum atomic E-state index is 12.8. The molecule has 142 valence electrons. The highest BCUT2D eigenvalue weighted by Crippen LogP contribution is 2.43. The molecule has 0 aliphatic rings. The molecule has 0 heterocycles. The standard InChI is InChI=1S/C20H38O4/c1-9-11-13-23-17(21)15(19(3,4)5)16(20(6,7)8)18(22)24-14-12-10-2/h15-16H,9-14H2,1-8H3. The van der Waals surface area contributed by atoms with Gasteiger partial charge in [0, 0.05) is 0 Å². The molecule has 0 spiro atoms. The first-order valence-electron chi connectivity index (χ1n) is 9.30. The second kappa shape index (κ2) is 10.0. The van der Waals surface area contributed by atoms with Gasteiger partial charge in [0.05, 0.1) is 25.0 Å². The van der Waals surface area contributed by atoms with Crippen LogP contribution in [0.1, 0.15) is 81.1 Å². The van der Waals surface area contributed by atoms with Gasteiger partial charge in [-0.2, -0.15) is 0 Å². The maximum Gasteiger partial charge on any atom is 0.310 e. The van der Waals surface area contributed by atoms with E-state index in [1.807, 2.05) is 41.5 Å². The molecule has 2 atom stereocenters. The van der Waals surface area contributed by atoms with E-state index in [-0.39, 0.29) is 22.8 Å². The summed E-state index contributed by atoms with van der Waals surface area (Å²) in [5, 5.41) is 0. The highest BCUT2D eigenvalue weighted by Gasteiger charge is 2.48. The molecule has 0 aliphatic carbocycles. The Morgan fingerprint density at radius 1 is 0.708 bits per heavy atom. The highest BCUT2D eigenvalue weighted by atomic mass is 16.5. The van der Waals surface area contributed by atoms with Gasteiger partial charge in [-0.05, 0) is 23.7 Å². The molecular formula is C20H38O4. The van der Waals surface area contributed by atoms with E-state index in [2.05, 4.69) is 13.8 Å². The Hall–Kier alpha value is -1.06. The molecule has 0 aromatic carbocycles. The van der Waals surface area contributed by atoms with Crippen molar-refractivity contribution in [2.75, 3.05) is 13.2 Å². The fourth-order valence-electron chi connectivity index (χ4n) is 2.79. The van der Waals surface area contributed by atoms with E-state index in [1.54, 1.807) is 0 Å². The number of esters is 2. The molecule has 0 saturated heterocycles. The van der Waals surface area contributed by atoms with Crippen LogP contribution in [0.2, 0.25) is 0 Å². The summed E-state index contributed by atoms with van der Waals surface area (Å²) < 4.78 is 11.0. The zero-order valence-electron chi connectivity index (χ0n) is 17.0. The van der Waals surface area contributed by atoms with Crippen molar-refractivity contribution >= 4 is 11.9 Å². The normalized spacial score (nSPS) is 14.8. The van der Waals surface area contributed by atoms with Crippen LogP contribution in [-0.2, 0) is 19.1 Å². The number of carbonyl (C=O) groups excluding carboxylic acids is 2. The largest absolute Gasteiger partial charge is 0.465 e. The fourth-order valence-corrected chi connectivity index (χ4v) is 2.79. The molecule has 0 amide bonds. The monoisotopic (exact) mass is 342 g/mol. The lowest BCUT2D eigenvalue weighted by Gasteiger charge is -2.40. The third-order valence-corrected chi connectivity index (χ3v) is 4.19. The number of ether oxygens (including phenoxy) is 2. The van der Waals surface area contributed by atoms with Gasteiger partial charge in [-0.25, -0.2) is 0 Å². The molecule has 0 radical (unpaired) electrons. The van der Waals surface area contributed by atoms with Gasteiger partial charge in [0.25, 0.3) is 0 Å². The topological polar surface area (TPSA) is 52.6 Å². The van der Waals surface area contributed by atoms with Crippen molar-refractivity contribution in [3.05, 3.63) is 0 Å². The van der Waals surface area contributed by atoms with E-state index in [9.17, 15) is 9.59 Å². The van der Waals surface area contributed by atoms with E-state index in [4.69, 9.17) is 9.47 Å². The van der Waals surface area contributed by atoms with Gasteiger partial charge in [0.1, 0.15) is 0 Å². The van der Waals surface area contributed by atoms with E-state index in [1.165, 1.54) is 0 Å². The van der Waals surface area contributed by atoms with Gasteiger partial charge in [-0.3, -0.25) is 9.59 Å². The van der Waals surface area contributed by atoms with Crippen molar-refractivity contribution in [1.29, 1.82) is 0 Å². The van der Waals surface area contributed by atoms with E-state index in [0.29, 0.717) is 13.2 Å². The smallest absolute Gasteiger partial charge is 0.310 e. The molecule has 24 heavy (non-hydrogen) atoms. The SMILES string of the molecule is CCCCOC(=O)C(C(C(=O)OCCCC)C(C)(C)C)C(C)(C)C. The van der Waals surface area contributed by atoms with Crippen LogP contribution in [0.3, 0.4) is 0 Å². The maximum absolute atomic E-state index is 12.8. The van der Waals surface area contributed by atoms with E-state index < -0.39 is 11.8 Å². The second-order valence-corrected chi connectivity index (χ2v) is 8.73. The molecule has 2 unspecified atom stereocenters. The Labute approximate surface area is 148 Å². The van der Waals surface area contributed by atoms with E-state index in [0.717, 1.165) is 25.7 Å². The van der Waals surface area contributed by atoms with Gasteiger partial charge >= 0.3 is 11.9 Å². The molecule has 0 aromatic heterocycles. The average Bonchev–Trinajstić information content (AvgIpc) is 2.42. The molecule has 4 nitrogen and oxygen atoms in total. The molecule has 0 fully saturated rings. The van der Waals surface area contributed by atoms with Crippen molar-refractivity contribution in [1.82, 2.24) is 0 Å². The van der Waals surface area contributed by atoms with Crippen molar-refractivity contribution in [2.45, 2.75) is 81.1 Å². The second-order valence-electron chi connectivity index (χ2n) is 8.73. The van der Waals surface area contributed by atoms with Crippen LogP contribution in [0.15, 0.2) is 0 Å². The number of unbranched alkanes of at least 4 members (excludes halogenated alkanes) is 2. The average molecular weight is 343 g/mol. The van der Waals surface area contributed by atoms with Crippen molar-refractivity contribution in [3.63, 3.8) is 0 Å². The fraction of sp³-hybridized carbons (Fsp3) is 0.900. The van der Waals surface area contributed by atoms with Crippen LogP contribution in [0.4, 0.5) is 0 Å². The summed E-state index contributed by atoms with van der Waals surface area (Å²) in [6, 6.07) is 0. The first kappa shape index (κ1) is 22.9. The predicted molar refractivity (Wildman–Crippen MR) is 97.6 cm³/mol. The minimum Gasteiger partial charge on any atom is -0.465 e. The van der Waals surface area contributed by atoms with Crippen molar-refractivity contribution in [2.24, 2.45) is 22.7 Å². The molecule has 0 N–H and O–H groups in total. The van der Waals surface area contributed by atoms with Crippen molar-refractivity contribution in [3.8, 4) is 0 Å². The summed E-state index contributed by atoms with van der Waals surface area (Å²) in [4.78, 5) is 25.5. The molecule has 0 bridgehead atoms. The van der Waals surface area contributed by atoms with Gasteiger partial charge in [0.15, 0.2) is 0 Å². The summed E-state index contributed by atoms with van der Waals surface area (Å²) in [5.41, 5.74) is -0.768. The number of hydrogen-bond acceptors (Lipinski definition) is 4. The Kier molecular flexibility index (Phi) is 9.61. The Balaban J connectivity index is 5.44. The predicted octanol–water partition coefficient (Wildman–Crippen LogP) is 5.00. The minimum atomic E-state index is -0.525. The quantitative estimate of drug-likeness (QED) is 0.437. The van der Waals surface area contributed by atoms with Gasteiger partial charge in [0.2, 0.25) is 0 Å². The molecule has 0 saturated carbocycles. The molecular weight excluding hydrogens is 304 g/mol. The van der Waals surface area contributed by atoms with Gasteiger partial charge in [-0.1, -0.05) is 68.2 Å². The summed E-state index contributed by atoms with van der Waals surface area (Å²) in [6.45, 7) is 16.8. The molecule has 0 aromatic rings. The van der Waals surface area contributed by atoms with Crippen LogP contribution in [0.25, 0.3) is 0 Å². The lowest BCUT2D eigenvalue weighted by atomic mass is 9.64. The van der Waals surface area contributed by atoms with Crippen LogP contribution >= 0.6 is 0 Å². The lowest BCUT2D eigenvalue weighted by molar-refractivity contribution is -0.171. The molecule has 4 heteroatoms. The van der Waals surface area contributed by atoms with Crippen LogP contribution in [-0.4, -0.2) is 25.2 Å². The Morgan fingerprint density at radius 2 is 1.00 bits per heavy atom. The first-order valence-corrected chi connectivity index (χ1v) is 9.30. The van der Waals surface area contributed by atoms with Crippen molar-refractivity contribution < 1.29 is 19.1 Å². The first-order chi connectivity index (χ1) is 11.0. The number of carbonyl (C=O) groups is 2. The summed E-state index contributed by atoms with van der Waals surface area (Å²) in [7, 11) is 0. The van der Waals surface area contributed by atoms with Crippen LogP contribution < -0.4 is 0 Å². The summed E-state index contributed by atoms with van der Waals surface area (Å²) in [5.74, 6) is -1.63. The van der Waals surface area contributed by atoms with Crippen LogP contribution in [0.5, 0.6) is 0 Å². The Bertz CT molecular complexity index is 349. The molecule has 0 aliphatic heterocycles. The summed E-state index contributed by atoms with van der Waals surface area (Å²) >= 11 is 0. The summed E-state index contributed by atoms with van der Waals surface area (Å²) in [6.07, 6.45) is 3.61. The third kappa shape index (κ3) is 7.67. The van der Waals surface area contributed by atoms with Crippen LogP contribution in [0, 0.1) is 22.7 Å². The third-order valence-electron chi connectivity index (χ3n) is 4.19. The molecule has 0 rings (SSSR count). The zero-order chi connectivity index (χ0) is 19.0. The minimum absolute atomic E-state index is 0.289. The van der Waals surface area contributed by atoms with Gasteiger partial charge in [-0.15, -0.1) is 0 Å². The van der Waals surface area contributed by atoms with E-state index >= 15 is 0 Å². The zero-order valence-corrected chi connectivity index (χ0v) is 17.0. The lowest BCUT2D eigenvalue weighted by Crippen LogP contribution is -2.46. The van der Waals surface area contributed by atoms with Gasteiger partial charge < -0.3 is 9.47 Å². The number of hydrogen-bond donors (Lipinski definition) is 0.